The Morgan fingerprint density at radius 3 is 2.60 bits per heavy atom. The minimum Gasteiger partial charge on any atom is -0.490 e. The highest BCUT2D eigenvalue weighted by Crippen LogP contribution is 2.36. The Labute approximate surface area is 128 Å². The van der Waals surface area contributed by atoms with E-state index in [0.29, 0.717) is 31.2 Å². The summed E-state index contributed by atoms with van der Waals surface area (Å²) in [4.78, 5) is 13.4. The Hall–Kier alpha value is -1.27. The molecular weight excluding hydrogens is 324 g/mol. The second kappa shape index (κ2) is 8.11. The standard InChI is InChI=1S/C14H21BrN2O3/c1-4-17(3)13(18)9-20-14-11(15)6-10(8-16)7-12(14)19-5-2/h6-7H,4-5,8-9,16H2,1-3H3. The van der Waals surface area contributed by atoms with Crippen LogP contribution < -0.4 is 15.2 Å². The number of benzene rings is 1. The molecule has 0 atom stereocenters. The maximum Gasteiger partial charge on any atom is 0.260 e. The predicted molar refractivity (Wildman–Crippen MR) is 82.0 cm³/mol. The van der Waals surface area contributed by atoms with Crippen LogP contribution in [0.15, 0.2) is 16.6 Å². The van der Waals surface area contributed by atoms with Crippen LogP contribution in [0.3, 0.4) is 0 Å². The number of ether oxygens (including phenoxy) is 2. The van der Waals surface area contributed by atoms with E-state index in [0.717, 1.165) is 10.0 Å². The van der Waals surface area contributed by atoms with Gasteiger partial charge < -0.3 is 20.1 Å². The second-order valence-electron chi connectivity index (χ2n) is 4.24. The number of hydrogen-bond acceptors (Lipinski definition) is 4. The molecule has 0 bridgehead atoms. The van der Waals surface area contributed by atoms with E-state index >= 15 is 0 Å². The quantitative estimate of drug-likeness (QED) is 0.823. The minimum atomic E-state index is -0.0789. The van der Waals surface area contributed by atoms with E-state index in [1.807, 2.05) is 26.0 Å². The zero-order valence-electron chi connectivity index (χ0n) is 12.1. The molecule has 1 aromatic carbocycles. The number of halogens is 1. The number of nitrogens with zero attached hydrogens (tertiary/aromatic N) is 1. The fourth-order valence-corrected chi connectivity index (χ4v) is 2.17. The van der Waals surface area contributed by atoms with Gasteiger partial charge >= 0.3 is 0 Å². The molecule has 2 N–H and O–H groups in total. The third-order valence-electron chi connectivity index (χ3n) is 2.84. The Morgan fingerprint density at radius 2 is 2.05 bits per heavy atom. The van der Waals surface area contributed by atoms with Crippen LogP contribution >= 0.6 is 15.9 Å². The van der Waals surface area contributed by atoms with Crippen LogP contribution in [0.5, 0.6) is 11.5 Å². The molecule has 5 nitrogen and oxygen atoms in total. The van der Waals surface area contributed by atoms with Crippen LogP contribution in [0.2, 0.25) is 0 Å². The van der Waals surface area contributed by atoms with Crippen molar-refractivity contribution in [3.05, 3.63) is 22.2 Å². The van der Waals surface area contributed by atoms with Crippen molar-refractivity contribution in [2.75, 3.05) is 26.8 Å². The largest absolute Gasteiger partial charge is 0.490 e. The molecule has 0 aromatic heterocycles. The van der Waals surface area contributed by atoms with Crippen molar-refractivity contribution < 1.29 is 14.3 Å². The van der Waals surface area contributed by atoms with Gasteiger partial charge in [-0.2, -0.15) is 0 Å². The number of rotatable bonds is 7. The summed E-state index contributed by atoms with van der Waals surface area (Å²) in [5.41, 5.74) is 6.57. The minimum absolute atomic E-state index is 0.0228. The molecule has 0 saturated carbocycles. The number of amides is 1. The van der Waals surface area contributed by atoms with Crippen LogP contribution in [0.4, 0.5) is 0 Å². The zero-order valence-corrected chi connectivity index (χ0v) is 13.7. The van der Waals surface area contributed by atoms with Crippen molar-refractivity contribution >= 4 is 21.8 Å². The number of carbonyl (C=O) groups is 1. The average molecular weight is 345 g/mol. The number of hydrogen-bond donors (Lipinski definition) is 1. The van der Waals surface area contributed by atoms with Crippen molar-refractivity contribution in [2.45, 2.75) is 20.4 Å². The molecule has 0 unspecified atom stereocenters. The lowest BCUT2D eigenvalue weighted by atomic mass is 10.2. The van der Waals surface area contributed by atoms with Gasteiger partial charge in [0.25, 0.3) is 5.91 Å². The predicted octanol–water partition coefficient (Wildman–Crippen LogP) is 2.16. The van der Waals surface area contributed by atoms with E-state index in [1.54, 1.807) is 11.9 Å². The molecule has 0 saturated heterocycles. The molecule has 20 heavy (non-hydrogen) atoms. The Morgan fingerprint density at radius 1 is 1.35 bits per heavy atom. The monoisotopic (exact) mass is 344 g/mol. The molecule has 1 rings (SSSR count). The SMILES string of the molecule is CCOc1cc(CN)cc(Br)c1OCC(=O)N(C)CC. The van der Waals surface area contributed by atoms with Crippen molar-refractivity contribution in [2.24, 2.45) is 5.73 Å². The number of carbonyl (C=O) groups excluding carboxylic acids is 1. The molecule has 0 aliphatic rings. The lowest BCUT2D eigenvalue weighted by Gasteiger charge is -2.18. The van der Waals surface area contributed by atoms with Crippen molar-refractivity contribution in [3.8, 4) is 11.5 Å². The normalized spacial score (nSPS) is 10.2. The third kappa shape index (κ3) is 4.38. The van der Waals surface area contributed by atoms with Crippen molar-refractivity contribution in [1.82, 2.24) is 4.90 Å². The van der Waals surface area contributed by atoms with Crippen LogP contribution in [-0.2, 0) is 11.3 Å². The van der Waals surface area contributed by atoms with Gasteiger partial charge in [-0.15, -0.1) is 0 Å². The molecule has 0 heterocycles. The van der Waals surface area contributed by atoms with Crippen molar-refractivity contribution in [3.63, 3.8) is 0 Å². The van der Waals surface area contributed by atoms with Gasteiger partial charge in [-0.05, 0) is 47.5 Å². The van der Waals surface area contributed by atoms with Gasteiger partial charge in [-0.1, -0.05) is 0 Å². The molecule has 0 aliphatic carbocycles. The summed E-state index contributed by atoms with van der Waals surface area (Å²) in [6.45, 7) is 5.35. The van der Waals surface area contributed by atoms with E-state index in [9.17, 15) is 4.79 Å². The van der Waals surface area contributed by atoms with Crippen LogP contribution in [0.1, 0.15) is 19.4 Å². The van der Waals surface area contributed by atoms with E-state index in [4.69, 9.17) is 15.2 Å². The van der Waals surface area contributed by atoms with E-state index < -0.39 is 0 Å². The summed E-state index contributed by atoms with van der Waals surface area (Å²) in [7, 11) is 1.74. The molecule has 6 heteroatoms. The maximum atomic E-state index is 11.8. The number of likely N-dealkylation sites (N-methyl/N-ethyl adjacent to an activating group) is 1. The average Bonchev–Trinajstić information content (AvgIpc) is 2.45. The highest BCUT2D eigenvalue weighted by Gasteiger charge is 2.15. The van der Waals surface area contributed by atoms with Gasteiger partial charge in [-0.25, -0.2) is 0 Å². The first-order chi connectivity index (χ1) is 9.53. The number of nitrogens with two attached hydrogens (primary N) is 1. The van der Waals surface area contributed by atoms with Crippen LogP contribution in [0, 0.1) is 0 Å². The Kier molecular flexibility index (Phi) is 6.81. The smallest absolute Gasteiger partial charge is 0.260 e. The van der Waals surface area contributed by atoms with Crippen LogP contribution in [-0.4, -0.2) is 37.6 Å². The molecular formula is C14H21BrN2O3. The fourth-order valence-electron chi connectivity index (χ4n) is 1.56. The fraction of sp³-hybridized carbons (Fsp3) is 0.500. The first-order valence-electron chi connectivity index (χ1n) is 6.55. The van der Waals surface area contributed by atoms with Gasteiger partial charge in [0.2, 0.25) is 0 Å². The summed E-state index contributed by atoms with van der Waals surface area (Å²) in [5.74, 6) is 1.04. The lowest BCUT2D eigenvalue weighted by molar-refractivity contribution is -0.131. The lowest BCUT2D eigenvalue weighted by Crippen LogP contribution is -2.31. The van der Waals surface area contributed by atoms with E-state index in [-0.39, 0.29) is 12.5 Å². The van der Waals surface area contributed by atoms with Gasteiger partial charge in [0.05, 0.1) is 11.1 Å². The highest BCUT2D eigenvalue weighted by molar-refractivity contribution is 9.10. The van der Waals surface area contributed by atoms with Gasteiger partial charge in [-0.3, -0.25) is 4.79 Å². The molecule has 0 aliphatic heterocycles. The topological polar surface area (TPSA) is 64.8 Å². The Bertz CT molecular complexity index is 466. The summed E-state index contributed by atoms with van der Waals surface area (Å²) in [5, 5.41) is 0. The van der Waals surface area contributed by atoms with E-state index in [2.05, 4.69) is 15.9 Å². The maximum absolute atomic E-state index is 11.8. The molecule has 1 aromatic rings. The highest BCUT2D eigenvalue weighted by atomic mass is 79.9. The van der Waals surface area contributed by atoms with Gasteiger partial charge in [0.15, 0.2) is 18.1 Å². The van der Waals surface area contributed by atoms with E-state index in [1.165, 1.54) is 0 Å². The summed E-state index contributed by atoms with van der Waals surface area (Å²) < 4.78 is 11.9. The summed E-state index contributed by atoms with van der Waals surface area (Å²) in [6.07, 6.45) is 0. The van der Waals surface area contributed by atoms with Gasteiger partial charge in [0, 0.05) is 20.1 Å². The van der Waals surface area contributed by atoms with Crippen LogP contribution in [0.25, 0.3) is 0 Å². The zero-order chi connectivity index (χ0) is 15.1. The van der Waals surface area contributed by atoms with Gasteiger partial charge in [0.1, 0.15) is 0 Å². The second-order valence-corrected chi connectivity index (χ2v) is 5.09. The first-order valence-corrected chi connectivity index (χ1v) is 7.34. The third-order valence-corrected chi connectivity index (χ3v) is 3.43. The molecule has 0 fully saturated rings. The molecule has 1 amide bonds. The molecule has 112 valence electrons. The summed E-state index contributed by atoms with van der Waals surface area (Å²) in [6, 6.07) is 3.70. The summed E-state index contributed by atoms with van der Waals surface area (Å²) >= 11 is 3.43. The molecule has 0 spiro atoms. The molecule has 0 radical (unpaired) electrons. The Balaban J connectivity index is 2.90. The van der Waals surface area contributed by atoms with Crippen molar-refractivity contribution in [1.29, 1.82) is 0 Å². The first kappa shape index (κ1) is 16.8.